The van der Waals surface area contributed by atoms with E-state index in [-0.39, 0.29) is 24.1 Å². The molecule has 0 spiro atoms. The van der Waals surface area contributed by atoms with Crippen LogP contribution in [0.4, 0.5) is 15.9 Å². The van der Waals surface area contributed by atoms with Crippen molar-refractivity contribution in [2.45, 2.75) is 25.7 Å². The van der Waals surface area contributed by atoms with E-state index in [0.29, 0.717) is 18.6 Å². The molecule has 3 heterocycles. The molecule has 33 heavy (non-hydrogen) atoms. The number of hydrogen-bond donors (Lipinski definition) is 1. The summed E-state index contributed by atoms with van der Waals surface area (Å²) in [6, 6.07) is 10.5. The Kier molecular flexibility index (Phi) is 7.35. The van der Waals surface area contributed by atoms with E-state index in [4.69, 9.17) is 9.26 Å². The molecule has 0 aliphatic carbocycles. The maximum absolute atomic E-state index is 13.4. The molecule has 0 bridgehead atoms. The van der Waals surface area contributed by atoms with Gasteiger partial charge in [0, 0.05) is 50.4 Å². The molecular formula is C24H28ClFN4O3. The fourth-order valence-corrected chi connectivity index (χ4v) is 4.38. The van der Waals surface area contributed by atoms with Crippen LogP contribution in [0.1, 0.15) is 24.8 Å². The zero-order valence-corrected chi connectivity index (χ0v) is 19.2. The summed E-state index contributed by atoms with van der Waals surface area (Å²) in [6.07, 6.45) is 3.38. The summed E-state index contributed by atoms with van der Waals surface area (Å²) < 4.78 is 24.5. The van der Waals surface area contributed by atoms with Gasteiger partial charge in [0.25, 0.3) is 0 Å². The number of amides is 1. The maximum Gasteiger partial charge on any atom is 0.224 e. The monoisotopic (exact) mass is 474 g/mol. The molecule has 9 heteroatoms. The first-order valence-electron chi connectivity index (χ1n) is 11.2. The molecule has 0 unspecified atom stereocenters. The largest absolute Gasteiger partial charge is 0.494 e. The van der Waals surface area contributed by atoms with E-state index in [9.17, 15) is 9.18 Å². The number of nitrogens with one attached hydrogen (secondary N) is 1. The van der Waals surface area contributed by atoms with Gasteiger partial charge >= 0.3 is 0 Å². The van der Waals surface area contributed by atoms with Crippen LogP contribution in [0.15, 0.2) is 40.9 Å². The first kappa shape index (κ1) is 23.3. The summed E-state index contributed by atoms with van der Waals surface area (Å²) >= 11 is 0. The second-order valence-electron chi connectivity index (χ2n) is 8.40. The Morgan fingerprint density at radius 2 is 1.91 bits per heavy atom. The van der Waals surface area contributed by atoms with Crippen molar-refractivity contribution < 1.29 is 18.4 Å². The molecular weight excluding hydrogens is 447 g/mol. The van der Waals surface area contributed by atoms with Crippen molar-refractivity contribution in [2.24, 2.45) is 0 Å². The highest BCUT2D eigenvalue weighted by Crippen LogP contribution is 2.28. The zero-order valence-electron chi connectivity index (χ0n) is 18.4. The van der Waals surface area contributed by atoms with Gasteiger partial charge in [0.15, 0.2) is 11.4 Å². The third-order valence-electron chi connectivity index (χ3n) is 6.20. The minimum Gasteiger partial charge on any atom is -0.494 e. The second kappa shape index (κ2) is 10.4. The number of aryl methyl sites for hydroxylation is 1. The number of piperazine rings is 1. The van der Waals surface area contributed by atoms with Gasteiger partial charge in [-0.1, -0.05) is 11.2 Å². The van der Waals surface area contributed by atoms with Gasteiger partial charge in [-0.15, -0.1) is 12.4 Å². The number of rotatable bonds is 7. The van der Waals surface area contributed by atoms with Gasteiger partial charge in [-0.05, 0) is 49.6 Å². The Morgan fingerprint density at radius 1 is 1.06 bits per heavy atom. The van der Waals surface area contributed by atoms with E-state index in [1.807, 2.05) is 18.2 Å². The van der Waals surface area contributed by atoms with E-state index < -0.39 is 0 Å². The molecule has 1 amide bonds. The minimum absolute atomic E-state index is 0. The molecule has 0 atom stereocenters. The van der Waals surface area contributed by atoms with Crippen LogP contribution in [0.3, 0.4) is 0 Å². The van der Waals surface area contributed by atoms with E-state index in [1.165, 1.54) is 17.7 Å². The van der Waals surface area contributed by atoms with Crippen molar-refractivity contribution in [3.8, 4) is 5.75 Å². The number of fused-ring (bicyclic) bond motifs is 2. The zero-order chi connectivity index (χ0) is 21.9. The SMILES string of the molecule is Cl.O=C1CCc2ccc(OCCCCN3CCN(c4noc5cc(F)ccc45)CC3)cc2N1. The summed E-state index contributed by atoms with van der Waals surface area (Å²) in [5.41, 5.74) is 2.53. The van der Waals surface area contributed by atoms with E-state index >= 15 is 0 Å². The molecule has 2 aromatic carbocycles. The summed E-state index contributed by atoms with van der Waals surface area (Å²) in [6.45, 7) is 5.35. The molecule has 1 N–H and O–H groups in total. The number of carbonyl (C=O) groups is 1. The van der Waals surface area contributed by atoms with Gasteiger partial charge in [0.05, 0.1) is 12.0 Å². The summed E-state index contributed by atoms with van der Waals surface area (Å²) in [5.74, 6) is 1.36. The lowest BCUT2D eigenvalue weighted by atomic mass is 10.0. The smallest absolute Gasteiger partial charge is 0.224 e. The Labute approximate surface area is 198 Å². The van der Waals surface area contributed by atoms with Crippen LogP contribution in [0.25, 0.3) is 11.0 Å². The van der Waals surface area contributed by atoms with Crippen molar-refractivity contribution in [1.82, 2.24) is 10.1 Å². The predicted molar refractivity (Wildman–Crippen MR) is 128 cm³/mol. The predicted octanol–water partition coefficient (Wildman–Crippen LogP) is 4.25. The first-order valence-corrected chi connectivity index (χ1v) is 11.2. The number of unbranched alkanes of at least 4 members (excludes halogenated alkanes) is 1. The lowest BCUT2D eigenvalue weighted by molar-refractivity contribution is -0.116. The molecule has 3 aromatic rings. The summed E-state index contributed by atoms with van der Waals surface area (Å²) in [4.78, 5) is 16.2. The molecule has 7 nitrogen and oxygen atoms in total. The number of nitrogens with zero attached hydrogens (tertiary/aromatic N) is 3. The number of halogens is 2. The van der Waals surface area contributed by atoms with Gasteiger partial charge in [-0.3, -0.25) is 9.69 Å². The number of hydrogen-bond acceptors (Lipinski definition) is 6. The number of anilines is 2. The van der Waals surface area contributed by atoms with Crippen LogP contribution >= 0.6 is 12.4 Å². The van der Waals surface area contributed by atoms with Gasteiger partial charge < -0.3 is 19.5 Å². The summed E-state index contributed by atoms with van der Waals surface area (Å²) in [7, 11) is 0. The second-order valence-corrected chi connectivity index (χ2v) is 8.40. The normalized spacial score (nSPS) is 16.3. The van der Waals surface area contributed by atoms with Crippen LogP contribution < -0.4 is 15.0 Å². The van der Waals surface area contributed by atoms with Crippen LogP contribution in [-0.4, -0.2) is 55.3 Å². The molecule has 1 aromatic heterocycles. The average Bonchev–Trinajstić information content (AvgIpc) is 3.22. The van der Waals surface area contributed by atoms with Crippen molar-refractivity contribution >= 4 is 40.8 Å². The lowest BCUT2D eigenvalue weighted by Gasteiger charge is -2.34. The Morgan fingerprint density at radius 3 is 2.76 bits per heavy atom. The van der Waals surface area contributed by atoms with Gasteiger partial charge in [0.1, 0.15) is 11.6 Å². The number of benzene rings is 2. The first-order chi connectivity index (χ1) is 15.7. The molecule has 0 radical (unpaired) electrons. The van der Waals surface area contributed by atoms with E-state index in [2.05, 4.69) is 20.3 Å². The van der Waals surface area contributed by atoms with Crippen molar-refractivity contribution in [3.63, 3.8) is 0 Å². The van der Waals surface area contributed by atoms with Crippen LogP contribution in [0.5, 0.6) is 5.75 Å². The van der Waals surface area contributed by atoms with Crippen LogP contribution in [0, 0.1) is 5.82 Å². The minimum atomic E-state index is -0.313. The molecule has 1 fully saturated rings. The number of ether oxygens (including phenoxy) is 1. The molecule has 2 aliphatic rings. The highest BCUT2D eigenvalue weighted by atomic mass is 35.5. The quantitative estimate of drug-likeness (QED) is 0.516. The van der Waals surface area contributed by atoms with Gasteiger partial charge in [-0.25, -0.2) is 4.39 Å². The summed E-state index contributed by atoms with van der Waals surface area (Å²) in [5, 5.41) is 7.93. The Hall–Kier alpha value is -2.84. The Balaban J connectivity index is 0.00000259. The van der Waals surface area contributed by atoms with Crippen molar-refractivity contribution in [1.29, 1.82) is 0 Å². The maximum atomic E-state index is 13.4. The molecule has 1 saturated heterocycles. The molecule has 5 rings (SSSR count). The highest BCUT2D eigenvalue weighted by molar-refractivity contribution is 5.94. The fraction of sp³-hybridized carbons (Fsp3) is 0.417. The number of carbonyl (C=O) groups excluding carboxylic acids is 1. The fourth-order valence-electron chi connectivity index (χ4n) is 4.38. The average molecular weight is 475 g/mol. The molecule has 0 saturated carbocycles. The van der Waals surface area contributed by atoms with Crippen LogP contribution in [0.2, 0.25) is 0 Å². The number of aromatic nitrogens is 1. The van der Waals surface area contributed by atoms with Gasteiger partial charge in [-0.2, -0.15) is 0 Å². The Bertz CT molecular complexity index is 1110. The van der Waals surface area contributed by atoms with Crippen molar-refractivity contribution in [2.75, 3.05) is 49.5 Å². The molecule has 2 aliphatic heterocycles. The molecule has 176 valence electrons. The van der Waals surface area contributed by atoms with Crippen molar-refractivity contribution in [3.05, 3.63) is 47.8 Å². The van der Waals surface area contributed by atoms with Gasteiger partial charge in [0.2, 0.25) is 5.91 Å². The topological polar surface area (TPSA) is 70.8 Å². The lowest BCUT2D eigenvalue weighted by Crippen LogP contribution is -2.46. The van der Waals surface area contributed by atoms with E-state index in [0.717, 1.165) is 74.6 Å². The van der Waals surface area contributed by atoms with Crippen LogP contribution in [-0.2, 0) is 11.2 Å². The standard InChI is InChI=1S/C24H27FN4O3.ClH/c25-18-5-7-20-22(15-18)32-27-24(20)29-12-10-28(11-13-29)9-1-2-14-31-19-6-3-17-4-8-23(30)26-21(17)16-19;/h3,5-7,15-16H,1-2,4,8-14H2,(H,26,30);1H. The third kappa shape index (κ3) is 5.39. The van der Waals surface area contributed by atoms with E-state index in [1.54, 1.807) is 6.07 Å². The highest BCUT2D eigenvalue weighted by Gasteiger charge is 2.21. The third-order valence-corrected chi connectivity index (χ3v) is 6.20.